The van der Waals surface area contributed by atoms with Crippen LogP contribution >= 0.6 is 11.6 Å². The van der Waals surface area contributed by atoms with Gasteiger partial charge >= 0.3 is 0 Å². The van der Waals surface area contributed by atoms with Gasteiger partial charge in [0.1, 0.15) is 17.5 Å². The van der Waals surface area contributed by atoms with Crippen molar-refractivity contribution < 1.29 is 0 Å². The number of nitriles is 1. The number of halogens is 1. The Hall–Kier alpha value is -2.77. The fourth-order valence-corrected chi connectivity index (χ4v) is 4.80. The molecule has 0 saturated carbocycles. The normalized spacial score (nSPS) is 16.5. The van der Waals surface area contributed by atoms with Crippen LogP contribution in [0.3, 0.4) is 0 Å². The number of nitrogens with zero attached hydrogens (tertiary/aromatic N) is 3. The number of hydrogen-bond donors (Lipinski definition) is 1. The Morgan fingerprint density at radius 3 is 2.71 bits per heavy atom. The van der Waals surface area contributed by atoms with E-state index in [9.17, 15) is 5.26 Å². The molecule has 1 fully saturated rings. The van der Waals surface area contributed by atoms with Crippen molar-refractivity contribution in [1.82, 2.24) is 4.98 Å². The molecule has 1 aliphatic heterocycles. The van der Waals surface area contributed by atoms with Crippen molar-refractivity contribution in [3.05, 3.63) is 64.7 Å². The van der Waals surface area contributed by atoms with Gasteiger partial charge in [-0.25, -0.2) is 4.98 Å². The maximum Gasteiger partial charge on any atom is 0.147 e. The molecule has 0 spiro atoms. The largest absolute Gasteiger partial charge is 0.370 e. The standard InChI is InChI=1S/C26H29ClN4/c1-18(2)14-20-6-5-13-31(17-20)25-22-7-3-4-8-24(22)30-26(23(25)15-28)29-16-19-9-11-21(27)12-10-19/h3-4,7-12,18,20H,5-6,13-14,16-17H2,1-2H3,(H,29,30). The van der Waals surface area contributed by atoms with E-state index in [2.05, 4.69) is 36.2 Å². The summed E-state index contributed by atoms with van der Waals surface area (Å²) in [5.41, 5.74) is 3.68. The molecular weight excluding hydrogens is 404 g/mol. The number of anilines is 2. The first kappa shape index (κ1) is 21.5. The van der Waals surface area contributed by atoms with Gasteiger partial charge in [-0.1, -0.05) is 55.8 Å². The highest BCUT2D eigenvalue weighted by atomic mass is 35.5. The van der Waals surface area contributed by atoms with Crippen LogP contribution in [0.15, 0.2) is 48.5 Å². The topological polar surface area (TPSA) is 52.0 Å². The highest BCUT2D eigenvalue weighted by molar-refractivity contribution is 6.30. The highest BCUT2D eigenvalue weighted by Crippen LogP contribution is 2.37. The zero-order valence-electron chi connectivity index (χ0n) is 18.2. The SMILES string of the molecule is CC(C)CC1CCCN(c2c(C#N)c(NCc3ccc(Cl)cc3)nc3ccccc23)C1. The molecule has 0 amide bonds. The molecule has 2 aromatic carbocycles. The number of nitrogens with one attached hydrogen (secondary N) is 1. The van der Waals surface area contributed by atoms with Crippen LogP contribution in [0, 0.1) is 23.2 Å². The van der Waals surface area contributed by atoms with Crippen molar-refractivity contribution in [1.29, 1.82) is 5.26 Å². The van der Waals surface area contributed by atoms with Crippen LogP contribution in [0.5, 0.6) is 0 Å². The van der Waals surface area contributed by atoms with Crippen molar-refractivity contribution in [2.24, 2.45) is 11.8 Å². The monoisotopic (exact) mass is 432 g/mol. The molecule has 1 aromatic heterocycles. The second-order valence-electron chi connectivity index (χ2n) is 8.88. The van der Waals surface area contributed by atoms with Crippen molar-refractivity contribution in [2.75, 3.05) is 23.3 Å². The lowest BCUT2D eigenvalue weighted by Crippen LogP contribution is -2.36. The van der Waals surface area contributed by atoms with E-state index in [1.54, 1.807) is 0 Å². The third-order valence-electron chi connectivity index (χ3n) is 5.99. The Labute approximate surface area is 189 Å². The van der Waals surface area contributed by atoms with Crippen LogP contribution in [0.4, 0.5) is 11.5 Å². The highest BCUT2D eigenvalue weighted by Gasteiger charge is 2.26. The Morgan fingerprint density at radius 2 is 1.97 bits per heavy atom. The summed E-state index contributed by atoms with van der Waals surface area (Å²) in [6.07, 6.45) is 3.65. The first-order chi connectivity index (χ1) is 15.0. The zero-order chi connectivity index (χ0) is 21.8. The second kappa shape index (κ2) is 9.58. The zero-order valence-corrected chi connectivity index (χ0v) is 19.0. The molecule has 160 valence electrons. The lowest BCUT2D eigenvalue weighted by Gasteiger charge is -2.36. The number of hydrogen-bond acceptors (Lipinski definition) is 4. The van der Waals surface area contributed by atoms with E-state index in [1.165, 1.54) is 12.8 Å². The van der Waals surface area contributed by atoms with Crippen molar-refractivity contribution >= 4 is 34.0 Å². The van der Waals surface area contributed by atoms with E-state index in [0.717, 1.165) is 41.7 Å². The van der Waals surface area contributed by atoms with Gasteiger partial charge in [0.15, 0.2) is 0 Å². The Kier molecular flexibility index (Phi) is 6.63. The molecule has 0 bridgehead atoms. The van der Waals surface area contributed by atoms with Crippen LogP contribution in [0.1, 0.15) is 44.2 Å². The molecule has 1 N–H and O–H groups in total. The van der Waals surface area contributed by atoms with E-state index in [1.807, 2.05) is 42.5 Å². The van der Waals surface area contributed by atoms with Gasteiger partial charge in [0.2, 0.25) is 0 Å². The molecule has 0 aliphatic carbocycles. The number of pyridine rings is 1. The minimum atomic E-state index is 0.590. The van der Waals surface area contributed by atoms with Gasteiger partial charge in [-0.3, -0.25) is 0 Å². The van der Waals surface area contributed by atoms with Crippen molar-refractivity contribution in [3.63, 3.8) is 0 Å². The first-order valence-electron chi connectivity index (χ1n) is 11.1. The van der Waals surface area contributed by atoms with E-state index in [0.29, 0.717) is 34.8 Å². The maximum absolute atomic E-state index is 10.2. The molecule has 4 rings (SSSR count). The molecule has 4 nitrogen and oxygen atoms in total. The number of aromatic nitrogens is 1. The fourth-order valence-electron chi connectivity index (χ4n) is 4.67. The molecule has 31 heavy (non-hydrogen) atoms. The van der Waals surface area contributed by atoms with Crippen molar-refractivity contribution in [3.8, 4) is 6.07 Å². The van der Waals surface area contributed by atoms with E-state index < -0.39 is 0 Å². The molecule has 1 saturated heterocycles. The van der Waals surface area contributed by atoms with Crippen LogP contribution < -0.4 is 10.2 Å². The Morgan fingerprint density at radius 1 is 1.19 bits per heavy atom. The molecule has 1 unspecified atom stereocenters. The van der Waals surface area contributed by atoms with Gasteiger partial charge in [-0.15, -0.1) is 0 Å². The predicted molar refractivity (Wildman–Crippen MR) is 130 cm³/mol. The number of para-hydroxylation sites is 1. The predicted octanol–water partition coefficient (Wildman–Crippen LogP) is 6.63. The molecule has 1 atom stereocenters. The van der Waals surface area contributed by atoms with Gasteiger partial charge in [0.05, 0.1) is 11.2 Å². The van der Waals surface area contributed by atoms with Crippen molar-refractivity contribution in [2.45, 2.75) is 39.7 Å². The first-order valence-corrected chi connectivity index (χ1v) is 11.5. The molecule has 1 aliphatic rings. The maximum atomic E-state index is 10.2. The number of rotatable bonds is 6. The smallest absolute Gasteiger partial charge is 0.147 e. The summed E-state index contributed by atoms with van der Waals surface area (Å²) < 4.78 is 0. The Balaban J connectivity index is 1.71. The third kappa shape index (κ3) is 4.94. The summed E-state index contributed by atoms with van der Waals surface area (Å²) in [6, 6.07) is 18.4. The van der Waals surface area contributed by atoms with Crippen LogP contribution in [-0.2, 0) is 6.54 Å². The van der Waals surface area contributed by atoms with E-state index in [-0.39, 0.29) is 0 Å². The molecule has 0 radical (unpaired) electrons. The van der Waals surface area contributed by atoms with Gasteiger partial charge < -0.3 is 10.2 Å². The molecule has 5 heteroatoms. The average molecular weight is 433 g/mol. The minimum Gasteiger partial charge on any atom is -0.370 e. The lowest BCUT2D eigenvalue weighted by molar-refractivity contribution is 0.347. The molecule has 2 heterocycles. The van der Waals surface area contributed by atoms with Gasteiger partial charge in [-0.05, 0) is 54.9 Å². The van der Waals surface area contributed by atoms with Gasteiger partial charge in [0.25, 0.3) is 0 Å². The third-order valence-corrected chi connectivity index (χ3v) is 6.24. The number of benzene rings is 2. The van der Waals surface area contributed by atoms with Gasteiger partial charge in [-0.2, -0.15) is 5.26 Å². The lowest BCUT2D eigenvalue weighted by atomic mass is 9.89. The summed E-state index contributed by atoms with van der Waals surface area (Å²) in [4.78, 5) is 7.24. The van der Waals surface area contributed by atoms with Gasteiger partial charge in [0, 0.05) is 30.0 Å². The van der Waals surface area contributed by atoms with Crippen LogP contribution in [-0.4, -0.2) is 18.1 Å². The summed E-state index contributed by atoms with van der Waals surface area (Å²) in [6.45, 7) is 7.15. The summed E-state index contributed by atoms with van der Waals surface area (Å²) in [5, 5.41) is 15.3. The summed E-state index contributed by atoms with van der Waals surface area (Å²) in [5.74, 6) is 2.00. The molecule has 3 aromatic rings. The fraction of sp³-hybridized carbons (Fsp3) is 0.385. The second-order valence-corrected chi connectivity index (χ2v) is 9.31. The van der Waals surface area contributed by atoms with Crippen LogP contribution in [0.25, 0.3) is 10.9 Å². The summed E-state index contributed by atoms with van der Waals surface area (Å²) >= 11 is 6.01. The van der Waals surface area contributed by atoms with Crippen LogP contribution in [0.2, 0.25) is 5.02 Å². The Bertz CT molecular complexity index is 1080. The minimum absolute atomic E-state index is 0.590. The van der Waals surface area contributed by atoms with E-state index >= 15 is 0 Å². The quantitative estimate of drug-likeness (QED) is 0.474. The number of fused-ring (bicyclic) bond motifs is 1. The average Bonchev–Trinajstić information content (AvgIpc) is 2.77. The molecular formula is C26H29ClN4. The number of piperidine rings is 1. The summed E-state index contributed by atoms with van der Waals surface area (Å²) in [7, 11) is 0. The van der Waals surface area contributed by atoms with E-state index in [4.69, 9.17) is 16.6 Å².